The Hall–Kier alpha value is -2.56. The molecular weight excluding hydrogens is 338 g/mol. The summed E-state index contributed by atoms with van der Waals surface area (Å²) in [6.45, 7) is 8.71. The molecule has 5 nitrogen and oxygen atoms in total. The number of aryl methyl sites for hydroxylation is 3. The van der Waals surface area contributed by atoms with Crippen molar-refractivity contribution in [2.24, 2.45) is 0 Å². The van der Waals surface area contributed by atoms with Crippen LogP contribution in [0.15, 0.2) is 30.3 Å². The molecule has 1 N–H and O–H groups in total. The Bertz CT molecular complexity index is 825. The van der Waals surface area contributed by atoms with Crippen molar-refractivity contribution < 1.29 is 9.59 Å². The number of aromatic nitrogens is 1. The van der Waals surface area contributed by atoms with E-state index in [1.165, 1.54) is 5.56 Å². The number of carbonyl (C=O) groups is 2. The van der Waals surface area contributed by atoms with Gasteiger partial charge in [0.25, 0.3) is 0 Å². The van der Waals surface area contributed by atoms with Crippen molar-refractivity contribution in [1.29, 1.82) is 0 Å². The zero-order chi connectivity index (χ0) is 19.4. The van der Waals surface area contributed by atoms with Crippen LogP contribution < -0.4 is 0 Å². The Morgan fingerprint density at radius 3 is 2.19 bits per heavy atom. The number of benzene rings is 1. The zero-order valence-corrected chi connectivity index (χ0v) is 16.5. The van der Waals surface area contributed by atoms with Crippen molar-refractivity contribution in [3.8, 4) is 0 Å². The van der Waals surface area contributed by atoms with Gasteiger partial charge < -0.3 is 14.8 Å². The van der Waals surface area contributed by atoms with Crippen LogP contribution in [0.1, 0.15) is 34.5 Å². The number of nitrogens with one attached hydrogen (secondary N) is 1. The van der Waals surface area contributed by atoms with E-state index in [9.17, 15) is 9.59 Å². The molecule has 3 rings (SSSR count). The molecule has 2 heterocycles. The Morgan fingerprint density at radius 2 is 1.59 bits per heavy atom. The molecule has 0 atom stereocenters. The number of rotatable bonds is 4. The summed E-state index contributed by atoms with van der Waals surface area (Å²) in [4.78, 5) is 32.4. The Kier molecular flexibility index (Phi) is 5.99. The van der Waals surface area contributed by atoms with E-state index >= 15 is 0 Å². The molecule has 2 aromatic rings. The smallest absolute Gasteiger partial charge is 0.227 e. The lowest BCUT2D eigenvalue weighted by atomic mass is 10.1. The minimum absolute atomic E-state index is 0.144. The molecule has 27 heavy (non-hydrogen) atoms. The van der Waals surface area contributed by atoms with Crippen molar-refractivity contribution in [3.63, 3.8) is 0 Å². The fourth-order valence-corrected chi connectivity index (χ4v) is 3.76. The third-order valence-corrected chi connectivity index (χ3v) is 5.24. The quantitative estimate of drug-likeness (QED) is 0.903. The van der Waals surface area contributed by atoms with Gasteiger partial charge in [-0.05, 0) is 44.4 Å². The second-order valence-corrected chi connectivity index (χ2v) is 7.56. The molecule has 1 aliphatic heterocycles. The van der Waals surface area contributed by atoms with Crippen LogP contribution in [-0.4, -0.2) is 52.8 Å². The van der Waals surface area contributed by atoms with Crippen LogP contribution in [0.5, 0.6) is 0 Å². The van der Waals surface area contributed by atoms with Gasteiger partial charge in [0.15, 0.2) is 0 Å². The van der Waals surface area contributed by atoms with Gasteiger partial charge in [-0.25, -0.2) is 0 Å². The Balaban J connectivity index is 1.55. The number of nitrogens with zero attached hydrogens (tertiary/aromatic N) is 2. The van der Waals surface area contributed by atoms with E-state index in [-0.39, 0.29) is 11.8 Å². The fraction of sp³-hybridized carbons (Fsp3) is 0.455. The maximum absolute atomic E-state index is 12.7. The van der Waals surface area contributed by atoms with Crippen LogP contribution >= 0.6 is 0 Å². The lowest BCUT2D eigenvalue weighted by Gasteiger charge is -2.22. The van der Waals surface area contributed by atoms with Gasteiger partial charge in [0.2, 0.25) is 11.8 Å². The van der Waals surface area contributed by atoms with Crippen molar-refractivity contribution in [2.75, 3.05) is 26.2 Å². The maximum atomic E-state index is 12.7. The molecular formula is C22H29N3O2. The highest BCUT2D eigenvalue weighted by Gasteiger charge is 2.22. The number of hydrogen-bond acceptors (Lipinski definition) is 2. The van der Waals surface area contributed by atoms with E-state index in [0.717, 1.165) is 42.0 Å². The predicted octanol–water partition coefficient (Wildman–Crippen LogP) is 2.79. The summed E-state index contributed by atoms with van der Waals surface area (Å²) < 4.78 is 0. The first kappa shape index (κ1) is 19.2. The van der Waals surface area contributed by atoms with E-state index in [2.05, 4.69) is 11.1 Å². The minimum atomic E-state index is 0.144. The maximum Gasteiger partial charge on any atom is 0.227 e. The van der Waals surface area contributed by atoms with Crippen LogP contribution in [0.4, 0.5) is 0 Å². The summed E-state index contributed by atoms with van der Waals surface area (Å²) in [7, 11) is 0. The van der Waals surface area contributed by atoms with Gasteiger partial charge in [-0.1, -0.05) is 29.8 Å². The first-order chi connectivity index (χ1) is 12.9. The molecule has 1 fully saturated rings. The van der Waals surface area contributed by atoms with Gasteiger partial charge >= 0.3 is 0 Å². The van der Waals surface area contributed by atoms with E-state index in [1.807, 2.05) is 54.8 Å². The van der Waals surface area contributed by atoms with Gasteiger partial charge in [-0.15, -0.1) is 0 Å². The van der Waals surface area contributed by atoms with Crippen molar-refractivity contribution in [1.82, 2.24) is 14.8 Å². The van der Waals surface area contributed by atoms with Crippen LogP contribution in [0.25, 0.3) is 0 Å². The molecule has 0 unspecified atom stereocenters. The highest BCUT2D eigenvalue weighted by Crippen LogP contribution is 2.14. The number of aromatic amines is 1. The van der Waals surface area contributed by atoms with E-state index in [0.29, 0.717) is 25.9 Å². The van der Waals surface area contributed by atoms with Crippen LogP contribution in [-0.2, 0) is 22.4 Å². The molecule has 0 bridgehead atoms. The Labute approximate surface area is 161 Å². The van der Waals surface area contributed by atoms with Crippen LogP contribution in [0.2, 0.25) is 0 Å². The summed E-state index contributed by atoms with van der Waals surface area (Å²) >= 11 is 0. The zero-order valence-electron chi connectivity index (χ0n) is 16.5. The highest BCUT2D eigenvalue weighted by atomic mass is 16.2. The summed E-state index contributed by atoms with van der Waals surface area (Å²) in [5.74, 6) is 0.289. The van der Waals surface area contributed by atoms with Gasteiger partial charge in [0.05, 0.1) is 12.8 Å². The minimum Gasteiger partial charge on any atom is -0.362 e. The first-order valence-corrected chi connectivity index (χ1v) is 9.68. The SMILES string of the molecule is Cc1cccc(CC(=O)N2CCCN(C(=O)Cc3cc(C)[nH]c3C)CC2)c1. The second kappa shape index (κ2) is 8.42. The van der Waals surface area contributed by atoms with Gasteiger partial charge in [-0.3, -0.25) is 9.59 Å². The second-order valence-electron chi connectivity index (χ2n) is 7.56. The van der Waals surface area contributed by atoms with Crippen molar-refractivity contribution >= 4 is 11.8 Å². The van der Waals surface area contributed by atoms with Crippen molar-refractivity contribution in [2.45, 2.75) is 40.0 Å². The lowest BCUT2D eigenvalue weighted by Crippen LogP contribution is -2.38. The molecule has 0 aliphatic carbocycles. The Morgan fingerprint density at radius 1 is 0.926 bits per heavy atom. The first-order valence-electron chi connectivity index (χ1n) is 9.68. The standard InChI is InChI=1S/C22H29N3O2/c1-16-6-4-7-19(12-16)14-21(26)24-8-5-9-25(11-10-24)22(27)15-20-13-17(2)23-18(20)3/h4,6-7,12-13,23H,5,8-11,14-15H2,1-3H3. The number of carbonyl (C=O) groups excluding carboxylic acids is 2. The molecule has 1 aromatic heterocycles. The molecule has 1 aromatic carbocycles. The number of H-pyrrole nitrogens is 1. The molecule has 0 radical (unpaired) electrons. The molecule has 1 aliphatic rings. The van der Waals surface area contributed by atoms with Crippen LogP contribution in [0, 0.1) is 20.8 Å². The van der Waals surface area contributed by atoms with Gasteiger partial charge in [-0.2, -0.15) is 0 Å². The molecule has 1 saturated heterocycles. The number of hydrogen-bond donors (Lipinski definition) is 1. The van der Waals surface area contributed by atoms with E-state index in [4.69, 9.17) is 0 Å². The average molecular weight is 367 g/mol. The summed E-state index contributed by atoms with van der Waals surface area (Å²) in [5.41, 5.74) is 5.43. The largest absolute Gasteiger partial charge is 0.362 e. The average Bonchev–Trinajstić information content (AvgIpc) is 2.82. The van der Waals surface area contributed by atoms with Crippen molar-refractivity contribution in [3.05, 3.63) is 58.4 Å². The molecule has 0 spiro atoms. The topological polar surface area (TPSA) is 56.4 Å². The van der Waals surface area contributed by atoms with Gasteiger partial charge in [0, 0.05) is 37.6 Å². The predicted molar refractivity (Wildman–Crippen MR) is 107 cm³/mol. The third kappa shape index (κ3) is 5.00. The third-order valence-electron chi connectivity index (χ3n) is 5.24. The van der Waals surface area contributed by atoms with E-state index in [1.54, 1.807) is 0 Å². The highest BCUT2D eigenvalue weighted by molar-refractivity contribution is 5.80. The monoisotopic (exact) mass is 367 g/mol. The molecule has 0 saturated carbocycles. The van der Waals surface area contributed by atoms with Gasteiger partial charge in [0.1, 0.15) is 0 Å². The fourth-order valence-electron chi connectivity index (χ4n) is 3.76. The molecule has 144 valence electrons. The van der Waals surface area contributed by atoms with Crippen LogP contribution in [0.3, 0.4) is 0 Å². The summed E-state index contributed by atoms with van der Waals surface area (Å²) in [6.07, 6.45) is 1.68. The summed E-state index contributed by atoms with van der Waals surface area (Å²) in [6, 6.07) is 10.1. The molecule has 2 amide bonds. The molecule has 5 heteroatoms. The summed E-state index contributed by atoms with van der Waals surface area (Å²) in [5, 5.41) is 0. The normalized spacial score (nSPS) is 14.9. The lowest BCUT2D eigenvalue weighted by molar-refractivity contribution is -0.132. The van der Waals surface area contributed by atoms with E-state index < -0.39 is 0 Å². The number of amides is 2.